The molecular formula is C22H27Cl2N3O. The van der Waals surface area contributed by atoms with Crippen LogP contribution in [0.1, 0.15) is 30.0 Å². The van der Waals surface area contributed by atoms with Gasteiger partial charge in [0.25, 0.3) is 0 Å². The minimum atomic E-state index is -0.171. The molecule has 3 aromatic rings. The highest BCUT2D eigenvalue weighted by Crippen LogP contribution is 2.20. The third kappa shape index (κ3) is 7.56. The molecule has 150 valence electrons. The van der Waals surface area contributed by atoms with Gasteiger partial charge in [-0.1, -0.05) is 36.4 Å². The van der Waals surface area contributed by atoms with E-state index in [0.29, 0.717) is 12.6 Å². The normalized spacial score (nSPS) is 12.3. The summed E-state index contributed by atoms with van der Waals surface area (Å²) >= 11 is 0. The monoisotopic (exact) mass is 419 g/mol. The van der Waals surface area contributed by atoms with Crippen LogP contribution in [0.5, 0.6) is 0 Å². The largest absolute Gasteiger partial charge is 1.00 e. The molecule has 2 atom stereocenters. The summed E-state index contributed by atoms with van der Waals surface area (Å²) in [6, 6.07) is 23.1. The quantitative estimate of drug-likeness (QED) is 0.361. The summed E-state index contributed by atoms with van der Waals surface area (Å²) < 4.78 is 6.19. The maximum Gasteiger partial charge on any atom is 0.215 e. The lowest BCUT2D eigenvalue weighted by Crippen LogP contribution is -3.00. The minimum absolute atomic E-state index is 0. The van der Waals surface area contributed by atoms with E-state index in [2.05, 4.69) is 52.5 Å². The van der Waals surface area contributed by atoms with Crippen molar-refractivity contribution in [1.29, 1.82) is 0 Å². The van der Waals surface area contributed by atoms with Crippen LogP contribution in [0.4, 0.5) is 0 Å². The molecule has 0 aliphatic carbocycles. The Morgan fingerprint density at radius 1 is 0.964 bits per heavy atom. The zero-order valence-electron chi connectivity index (χ0n) is 16.0. The van der Waals surface area contributed by atoms with Crippen LogP contribution in [0.15, 0.2) is 79.1 Å². The molecule has 4 nitrogen and oxygen atoms in total. The Labute approximate surface area is 179 Å². The van der Waals surface area contributed by atoms with Gasteiger partial charge in [0.2, 0.25) is 5.69 Å². The first-order chi connectivity index (χ1) is 12.8. The number of rotatable bonds is 9. The van der Waals surface area contributed by atoms with Gasteiger partial charge >= 0.3 is 0 Å². The molecule has 2 aromatic heterocycles. The summed E-state index contributed by atoms with van der Waals surface area (Å²) in [5.41, 5.74) is 3.32. The minimum Gasteiger partial charge on any atom is -1.00 e. The maximum absolute atomic E-state index is 6.19. The number of hydrogen-bond acceptors (Lipinski definition) is 2. The molecule has 3 rings (SSSR count). The second-order valence-corrected chi connectivity index (χ2v) is 6.51. The summed E-state index contributed by atoms with van der Waals surface area (Å²) in [6.07, 6.45) is 4.62. The first kappa shape index (κ1) is 24.1. The molecule has 3 N–H and O–H groups in total. The number of benzene rings is 1. The van der Waals surface area contributed by atoms with E-state index in [-0.39, 0.29) is 30.9 Å². The smallest absolute Gasteiger partial charge is 0.215 e. The number of quaternary nitrogens is 1. The first-order valence-corrected chi connectivity index (χ1v) is 9.19. The Balaban J connectivity index is 0.00000196. The molecule has 0 radical (unpaired) electrons. The van der Waals surface area contributed by atoms with Gasteiger partial charge in [0.05, 0.1) is 24.9 Å². The van der Waals surface area contributed by atoms with E-state index in [0.717, 1.165) is 24.4 Å². The van der Waals surface area contributed by atoms with Crippen LogP contribution in [0.3, 0.4) is 0 Å². The summed E-state index contributed by atoms with van der Waals surface area (Å²) in [6.45, 7) is 3.85. The summed E-state index contributed by atoms with van der Waals surface area (Å²) in [5, 5.41) is 2.34. The van der Waals surface area contributed by atoms with Gasteiger partial charge in [-0.3, -0.25) is 4.98 Å². The van der Waals surface area contributed by atoms with Crippen LogP contribution >= 0.6 is 0 Å². The van der Waals surface area contributed by atoms with Gasteiger partial charge in [0.1, 0.15) is 0 Å². The van der Waals surface area contributed by atoms with Gasteiger partial charge in [-0.2, -0.15) is 0 Å². The first-order valence-electron chi connectivity index (χ1n) is 9.19. The van der Waals surface area contributed by atoms with Crippen LogP contribution < -0.4 is 35.1 Å². The summed E-state index contributed by atoms with van der Waals surface area (Å²) in [5.74, 6) is 0. The van der Waals surface area contributed by atoms with Gasteiger partial charge < -0.3 is 34.9 Å². The van der Waals surface area contributed by atoms with Crippen molar-refractivity contribution in [3.63, 3.8) is 0 Å². The standard InChI is InChI=1S/C22H25N3O.2ClH/c1-18(17-19-9-3-2-4-10-19)23-15-16-26-22(20-11-5-7-13-24-20)21-12-6-8-14-25-21;;/h2-14,18,22-23H,15-17H2,1H3;2*1H. The van der Waals surface area contributed by atoms with E-state index in [1.165, 1.54) is 5.56 Å². The molecule has 0 fully saturated rings. The molecule has 0 saturated heterocycles. The van der Waals surface area contributed by atoms with Crippen molar-refractivity contribution in [1.82, 2.24) is 4.98 Å². The Bertz CT molecular complexity index is 721. The van der Waals surface area contributed by atoms with Gasteiger partial charge in [0.15, 0.2) is 12.3 Å². The highest BCUT2D eigenvalue weighted by molar-refractivity contribution is 5.17. The fraction of sp³-hybridized carbons (Fsp3) is 0.273. The number of nitrogens with zero attached hydrogens (tertiary/aromatic N) is 1. The van der Waals surface area contributed by atoms with E-state index in [9.17, 15) is 0 Å². The fourth-order valence-corrected chi connectivity index (χ4v) is 3.04. The molecule has 6 heteroatoms. The van der Waals surface area contributed by atoms with Crippen molar-refractivity contribution < 1.29 is 39.9 Å². The molecule has 2 unspecified atom stereocenters. The molecule has 28 heavy (non-hydrogen) atoms. The van der Waals surface area contributed by atoms with E-state index in [4.69, 9.17) is 4.74 Å². The van der Waals surface area contributed by atoms with Crippen LogP contribution in [-0.2, 0) is 11.2 Å². The van der Waals surface area contributed by atoms with Gasteiger partial charge in [0, 0.05) is 24.8 Å². The molecule has 0 amide bonds. The third-order valence-corrected chi connectivity index (χ3v) is 4.34. The molecule has 0 aliphatic heterocycles. The topological polar surface area (TPSA) is 52.9 Å². The number of pyridine rings is 2. The molecule has 0 aliphatic rings. The highest BCUT2D eigenvalue weighted by Gasteiger charge is 2.21. The average Bonchev–Trinajstić information content (AvgIpc) is 2.70. The Kier molecular flexibility index (Phi) is 11.4. The van der Waals surface area contributed by atoms with Crippen molar-refractivity contribution >= 4 is 0 Å². The SMILES string of the molecule is CC(Cc1ccccc1)[NH2+]CCOC(c1ccccn1)c1cccc[nH+]1.[Cl-].[Cl-]. The van der Waals surface area contributed by atoms with Gasteiger partial charge in [-0.25, -0.2) is 4.98 Å². The van der Waals surface area contributed by atoms with Crippen LogP contribution in [0, 0.1) is 0 Å². The maximum atomic E-state index is 6.19. The second kappa shape index (κ2) is 13.2. The second-order valence-electron chi connectivity index (χ2n) is 6.51. The van der Waals surface area contributed by atoms with Gasteiger partial charge in [-0.15, -0.1) is 0 Å². The van der Waals surface area contributed by atoms with Crippen molar-refractivity contribution in [3.05, 3.63) is 96.1 Å². The number of halogens is 2. The van der Waals surface area contributed by atoms with E-state index < -0.39 is 0 Å². The van der Waals surface area contributed by atoms with Crippen molar-refractivity contribution in [2.75, 3.05) is 13.2 Å². The number of ether oxygens (including phenoxy) is 1. The fourth-order valence-electron chi connectivity index (χ4n) is 3.04. The number of nitrogens with one attached hydrogen (secondary N) is 1. The Morgan fingerprint density at radius 2 is 1.71 bits per heavy atom. The predicted molar refractivity (Wildman–Crippen MR) is 101 cm³/mol. The lowest BCUT2D eigenvalue weighted by molar-refractivity contribution is -0.687. The van der Waals surface area contributed by atoms with Gasteiger partial charge in [-0.05, 0) is 30.7 Å². The number of aromatic amines is 1. The van der Waals surface area contributed by atoms with Crippen LogP contribution in [0.25, 0.3) is 0 Å². The number of aromatic nitrogens is 2. The molecule has 2 heterocycles. The highest BCUT2D eigenvalue weighted by atomic mass is 35.5. The molecular weight excluding hydrogens is 393 g/mol. The van der Waals surface area contributed by atoms with E-state index in [1.54, 1.807) is 0 Å². The van der Waals surface area contributed by atoms with Crippen molar-refractivity contribution in [2.24, 2.45) is 0 Å². The lowest BCUT2D eigenvalue weighted by atomic mass is 10.1. The molecule has 1 aromatic carbocycles. The molecule has 0 bridgehead atoms. The van der Waals surface area contributed by atoms with E-state index in [1.807, 2.05) is 48.8 Å². The zero-order valence-corrected chi connectivity index (χ0v) is 17.5. The summed E-state index contributed by atoms with van der Waals surface area (Å²) in [4.78, 5) is 7.74. The lowest BCUT2D eigenvalue weighted by Gasteiger charge is -2.15. The van der Waals surface area contributed by atoms with Crippen molar-refractivity contribution in [3.8, 4) is 0 Å². The molecule has 0 spiro atoms. The third-order valence-electron chi connectivity index (χ3n) is 4.34. The number of nitrogens with two attached hydrogens (primary N) is 1. The molecule has 0 saturated carbocycles. The number of H-pyrrole nitrogens is 1. The number of hydrogen-bond donors (Lipinski definition) is 1. The average molecular weight is 420 g/mol. The predicted octanol–water partition coefficient (Wildman–Crippen LogP) is -3.80. The van der Waals surface area contributed by atoms with E-state index >= 15 is 0 Å². The Hall–Kier alpha value is -1.98. The van der Waals surface area contributed by atoms with Crippen molar-refractivity contribution in [2.45, 2.75) is 25.5 Å². The Morgan fingerprint density at radius 3 is 2.39 bits per heavy atom. The van der Waals surface area contributed by atoms with Crippen LogP contribution in [0.2, 0.25) is 0 Å². The summed E-state index contributed by atoms with van der Waals surface area (Å²) in [7, 11) is 0. The zero-order chi connectivity index (χ0) is 18.0. The van der Waals surface area contributed by atoms with Crippen LogP contribution in [-0.4, -0.2) is 24.2 Å².